The van der Waals surface area contributed by atoms with Crippen LogP contribution in [-0.4, -0.2) is 35.4 Å². The van der Waals surface area contributed by atoms with Gasteiger partial charge in [0.15, 0.2) is 5.76 Å². The van der Waals surface area contributed by atoms with Crippen molar-refractivity contribution in [1.29, 1.82) is 0 Å². The fourth-order valence-corrected chi connectivity index (χ4v) is 9.41. The molecule has 6 atom stereocenters. The third-order valence-electron chi connectivity index (χ3n) is 12.2. The molecule has 186 valence electrons. The highest BCUT2D eigenvalue weighted by Gasteiger charge is 2.67. The van der Waals surface area contributed by atoms with Crippen molar-refractivity contribution in [1.82, 2.24) is 4.90 Å². The zero-order chi connectivity index (χ0) is 24.9. The number of aliphatic hydroxyl groups is 1. The number of aliphatic hydroxyl groups excluding tert-OH is 1. The Morgan fingerprint density at radius 1 is 1.00 bits per heavy atom. The predicted molar refractivity (Wildman–Crippen MR) is 140 cm³/mol. The summed E-state index contributed by atoms with van der Waals surface area (Å²) in [4.78, 5) is 15.2. The summed E-state index contributed by atoms with van der Waals surface area (Å²) in [6.45, 7) is 14.4. The van der Waals surface area contributed by atoms with E-state index in [1.165, 1.54) is 44.9 Å². The van der Waals surface area contributed by atoms with Crippen LogP contribution in [0.25, 0.3) is 0 Å². The second-order valence-corrected chi connectivity index (χ2v) is 13.5. The summed E-state index contributed by atoms with van der Waals surface area (Å²) >= 11 is 0. The zero-order valence-corrected chi connectivity index (χ0v) is 22.8. The third kappa shape index (κ3) is 2.77. The molecule has 0 aromatic rings. The van der Waals surface area contributed by atoms with E-state index in [0.29, 0.717) is 11.3 Å². The average molecular weight is 464 g/mol. The molecule has 0 spiro atoms. The van der Waals surface area contributed by atoms with Gasteiger partial charge in [0.25, 0.3) is 0 Å². The summed E-state index contributed by atoms with van der Waals surface area (Å²) < 4.78 is 0. The molecule has 5 rings (SSSR count). The molecular formula is C31H45NO2. The van der Waals surface area contributed by atoms with E-state index in [0.717, 1.165) is 23.1 Å². The number of carbonyl (C=O) groups excluding carboxylic acids is 1. The molecule has 0 radical (unpaired) electrons. The Labute approximate surface area is 207 Å². The standard InChI is InChI=1S/C31H45NO2/c1-9-31-17-15-29(5)22-18-23(33)26(34)20(2)21(22)10-11-24(29)30(31,6)16-13-27(3)12-14-28(4,32(7)8)19-25(27)31/h10-11,18,25,34H,9,12-17,19H2,1-8H3/t25-,27-,28-,29+,30-,31+/m1/s1. The normalized spacial score (nSPS) is 46.1. The first-order chi connectivity index (χ1) is 15.8. The first-order valence-corrected chi connectivity index (χ1v) is 13.6. The van der Waals surface area contributed by atoms with Crippen LogP contribution in [0.15, 0.2) is 46.3 Å². The van der Waals surface area contributed by atoms with Gasteiger partial charge in [-0.15, -0.1) is 0 Å². The van der Waals surface area contributed by atoms with Crippen molar-refractivity contribution >= 4 is 5.78 Å². The predicted octanol–water partition coefficient (Wildman–Crippen LogP) is 7.32. The van der Waals surface area contributed by atoms with Crippen molar-refractivity contribution in [3.05, 3.63) is 46.3 Å². The molecule has 5 aliphatic rings. The molecule has 0 heterocycles. The van der Waals surface area contributed by atoms with E-state index in [1.54, 1.807) is 11.6 Å². The Morgan fingerprint density at radius 3 is 2.32 bits per heavy atom. The van der Waals surface area contributed by atoms with Crippen LogP contribution in [0, 0.1) is 27.6 Å². The number of hydrogen-bond donors (Lipinski definition) is 1. The van der Waals surface area contributed by atoms with E-state index in [-0.39, 0.29) is 33.3 Å². The number of hydrogen-bond acceptors (Lipinski definition) is 3. The van der Waals surface area contributed by atoms with Crippen molar-refractivity contribution in [2.75, 3.05) is 14.1 Å². The molecule has 0 aromatic carbocycles. The van der Waals surface area contributed by atoms with Gasteiger partial charge in [-0.2, -0.15) is 0 Å². The van der Waals surface area contributed by atoms with Gasteiger partial charge in [-0.25, -0.2) is 0 Å². The Kier molecular flexibility index (Phi) is 5.11. The Morgan fingerprint density at radius 2 is 1.68 bits per heavy atom. The summed E-state index contributed by atoms with van der Waals surface area (Å²) in [6, 6.07) is 0. The van der Waals surface area contributed by atoms with Crippen LogP contribution < -0.4 is 0 Å². The lowest BCUT2D eigenvalue weighted by molar-refractivity contribution is -0.173. The fourth-order valence-electron chi connectivity index (χ4n) is 9.41. The Balaban J connectivity index is 1.67. The van der Waals surface area contributed by atoms with Gasteiger partial charge < -0.3 is 10.0 Å². The lowest BCUT2D eigenvalue weighted by atomic mass is 9.34. The maximum Gasteiger partial charge on any atom is 0.220 e. The van der Waals surface area contributed by atoms with E-state index >= 15 is 0 Å². The van der Waals surface area contributed by atoms with Gasteiger partial charge in [-0.3, -0.25) is 4.79 Å². The molecule has 5 aliphatic carbocycles. The topological polar surface area (TPSA) is 40.5 Å². The number of carbonyl (C=O) groups is 1. The molecular weight excluding hydrogens is 418 g/mol. The molecule has 3 heteroatoms. The largest absolute Gasteiger partial charge is 0.504 e. The molecule has 34 heavy (non-hydrogen) atoms. The zero-order valence-electron chi connectivity index (χ0n) is 22.8. The molecule has 3 saturated carbocycles. The number of nitrogens with zero attached hydrogens (tertiary/aromatic N) is 1. The quantitative estimate of drug-likeness (QED) is 0.466. The van der Waals surface area contributed by atoms with Crippen molar-refractivity contribution < 1.29 is 9.90 Å². The molecule has 1 N–H and O–H groups in total. The van der Waals surface area contributed by atoms with Crippen LogP contribution >= 0.6 is 0 Å². The lowest BCUT2D eigenvalue weighted by Crippen LogP contribution is -2.64. The second kappa shape index (κ2) is 7.21. The monoisotopic (exact) mass is 463 g/mol. The first-order valence-electron chi connectivity index (χ1n) is 13.6. The summed E-state index contributed by atoms with van der Waals surface area (Å²) in [7, 11) is 4.55. The highest BCUT2D eigenvalue weighted by molar-refractivity contribution is 6.06. The Bertz CT molecular complexity index is 1070. The highest BCUT2D eigenvalue weighted by atomic mass is 16.3. The summed E-state index contributed by atoms with van der Waals surface area (Å²) in [5.41, 5.74) is 5.43. The third-order valence-corrected chi connectivity index (χ3v) is 12.2. The van der Waals surface area contributed by atoms with Crippen molar-refractivity contribution in [3.8, 4) is 0 Å². The summed E-state index contributed by atoms with van der Waals surface area (Å²) in [5, 5.41) is 10.4. The smallest absolute Gasteiger partial charge is 0.220 e. The van der Waals surface area contributed by atoms with Gasteiger partial charge >= 0.3 is 0 Å². The van der Waals surface area contributed by atoms with Crippen molar-refractivity contribution in [3.63, 3.8) is 0 Å². The van der Waals surface area contributed by atoms with Gasteiger partial charge in [0.2, 0.25) is 5.78 Å². The molecule has 0 amide bonds. The minimum atomic E-state index is -0.227. The van der Waals surface area contributed by atoms with E-state index < -0.39 is 0 Å². The molecule has 3 nitrogen and oxygen atoms in total. The maximum atomic E-state index is 12.7. The second-order valence-electron chi connectivity index (χ2n) is 13.5. The minimum absolute atomic E-state index is 0.0843. The minimum Gasteiger partial charge on any atom is -0.504 e. The van der Waals surface area contributed by atoms with Gasteiger partial charge in [0.05, 0.1) is 0 Å². The number of rotatable bonds is 2. The van der Waals surface area contributed by atoms with Gasteiger partial charge in [0.1, 0.15) is 0 Å². The lowest BCUT2D eigenvalue weighted by Gasteiger charge is -2.71. The molecule has 0 aromatic heterocycles. The number of allylic oxidation sites excluding steroid dienone is 7. The van der Waals surface area contributed by atoms with E-state index in [4.69, 9.17) is 0 Å². The maximum absolute atomic E-state index is 12.7. The van der Waals surface area contributed by atoms with Gasteiger partial charge in [-0.05, 0) is 119 Å². The van der Waals surface area contributed by atoms with Crippen LogP contribution in [-0.2, 0) is 4.79 Å². The van der Waals surface area contributed by atoms with Crippen LogP contribution in [0.3, 0.4) is 0 Å². The SMILES string of the molecule is CC[C@@]12CC[C@@]3(C)C4=CC(=O)C(O)=C(C)C4=CC=C3[C@@]1(C)CC[C@@]1(C)CC[C@@](C)(N(C)C)C[C@H]12. The van der Waals surface area contributed by atoms with Crippen LogP contribution in [0.4, 0.5) is 0 Å². The van der Waals surface area contributed by atoms with Crippen LogP contribution in [0.1, 0.15) is 92.9 Å². The first kappa shape index (κ1) is 24.1. The van der Waals surface area contributed by atoms with Crippen molar-refractivity contribution in [2.24, 2.45) is 27.6 Å². The fraction of sp³-hybridized carbons (Fsp3) is 0.710. The Hall–Kier alpha value is -1.61. The van der Waals surface area contributed by atoms with Crippen LogP contribution in [0.5, 0.6) is 0 Å². The molecule has 3 fully saturated rings. The summed E-state index contributed by atoms with van der Waals surface area (Å²) in [5.74, 6) is 0.391. The van der Waals surface area contributed by atoms with E-state index in [9.17, 15) is 9.90 Å². The average Bonchev–Trinajstić information content (AvgIpc) is 2.79. The van der Waals surface area contributed by atoms with Crippen LogP contribution in [0.2, 0.25) is 0 Å². The summed E-state index contributed by atoms with van der Waals surface area (Å²) in [6.07, 6.45) is 16.3. The number of fused-ring (bicyclic) bond motifs is 7. The molecule has 0 aliphatic heterocycles. The highest BCUT2D eigenvalue weighted by Crippen LogP contribution is 2.76. The molecule has 0 unspecified atom stereocenters. The van der Waals surface area contributed by atoms with Gasteiger partial charge in [0, 0.05) is 16.5 Å². The van der Waals surface area contributed by atoms with E-state index in [2.05, 4.69) is 65.8 Å². The van der Waals surface area contributed by atoms with Crippen molar-refractivity contribution in [2.45, 2.75) is 98.4 Å². The number of ketones is 1. The van der Waals surface area contributed by atoms with E-state index in [1.807, 2.05) is 6.92 Å². The van der Waals surface area contributed by atoms with Gasteiger partial charge in [-0.1, -0.05) is 45.4 Å². The molecule has 0 saturated heterocycles. The molecule has 0 bridgehead atoms.